The molecule has 5 heteroatoms. The molecule has 2 aliphatic heterocycles. The van der Waals surface area contributed by atoms with Crippen molar-refractivity contribution in [3.8, 4) is 0 Å². The number of hydrogen-bond acceptors (Lipinski definition) is 3. The van der Waals surface area contributed by atoms with Gasteiger partial charge in [-0.1, -0.05) is 58.0 Å². The minimum absolute atomic E-state index is 0.0957. The van der Waals surface area contributed by atoms with Crippen molar-refractivity contribution in [3.63, 3.8) is 0 Å². The van der Waals surface area contributed by atoms with E-state index in [1.54, 1.807) is 0 Å². The average Bonchev–Trinajstić information content (AvgIpc) is 3.09. The number of thioether (sulfide) groups is 1. The van der Waals surface area contributed by atoms with E-state index in [9.17, 15) is 9.59 Å². The van der Waals surface area contributed by atoms with Crippen LogP contribution in [0, 0.1) is 11.3 Å². The van der Waals surface area contributed by atoms with E-state index < -0.39 is 0 Å². The molecule has 2 saturated heterocycles. The van der Waals surface area contributed by atoms with Gasteiger partial charge in [0.05, 0.1) is 4.87 Å². The standard InChI is InChI=1S/C25H38N2O2S/c1-20(19-24(2,3)4)18-23(29)26-14-12-25(13-15-26)27(16-17-30-25)22(28)11-10-21-8-6-5-7-9-21/h5-9,20H,10-19H2,1-4H3. The number of hydrogen-bond donors (Lipinski definition) is 0. The molecule has 2 aliphatic rings. The van der Waals surface area contributed by atoms with Gasteiger partial charge in [0.2, 0.25) is 11.8 Å². The van der Waals surface area contributed by atoms with Crippen molar-refractivity contribution in [2.24, 2.45) is 11.3 Å². The summed E-state index contributed by atoms with van der Waals surface area (Å²) >= 11 is 1.93. The van der Waals surface area contributed by atoms with Crippen LogP contribution >= 0.6 is 11.8 Å². The van der Waals surface area contributed by atoms with Crippen LogP contribution in [0.1, 0.15) is 65.4 Å². The molecule has 166 valence electrons. The molecule has 30 heavy (non-hydrogen) atoms. The van der Waals surface area contributed by atoms with Crippen molar-refractivity contribution in [1.82, 2.24) is 9.80 Å². The Morgan fingerprint density at radius 3 is 2.37 bits per heavy atom. The SMILES string of the molecule is CC(CC(=O)N1CCC2(CC1)SCCN2C(=O)CCc1ccccc1)CC(C)(C)C. The van der Waals surface area contributed by atoms with E-state index >= 15 is 0 Å². The van der Waals surface area contributed by atoms with Gasteiger partial charge in [0.1, 0.15) is 0 Å². The summed E-state index contributed by atoms with van der Waals surface area (Å²) in [6, 6.07) is 10.2. The van der Waals surface area contributed by atoms with Crippen LogP contribution in [-0.4, -0.2) is 51.9 Å². The number of carbonyl (C=O) groups excluding carboxylic acids is 2. The van der Waals surface area contributed by atoms with E-state index in [2.05, 4.69) is 44.7 Å². The van der Waals surface area contributed by atoms with Crippen molar-refractivity contribution in [2.45, 2.75) is 71.1 Å². The van der Waals surface area contributed by atoms with E-state index in [0.29, 0.717) is 18.8 Å². The van der Waals surface area contributed by atoms with Crippen molar-refractivity contribution in [1.29, 1.82) is 0 Å². The van der Waals surface area contributed by atoms with Crippen LogP contribution < -0.4 is 0 Å². The Kier molecular flexibility index (Phi) is 7.54. The maximum atomic E-state index is 13.0. The highest BCUT2D eigenvalue weighted by Gasteiger charge is 2.46. The first-order chi connectivity index (χ1) is 14.2. The molecular formula is C25H38N2O2S. The summed E-state index contributed by atoms with van der Waals surface area (Å²) in [7, 11) is 0. The minimum atomic E-state index is -0.0957. The first-order valence-corrected chi connectivity index (χ1v) is 12.4. The summed E-state index contributed by atoms with van der Waals surface area (Å²) in [6.07, 6.45) is 4.86. The summed E-state index contributed by atoms with van der Waals surface area (Å²) < 4.78 is 0. The van der Waals surface area contributed by atoms with Gasteiger partial charge in [-0.2, -0.15) is 0 Å². The molecule has 2 amide bonds. The van der Waals surface area contributed by atoms with E-state index in [4.69, 9.17) is 0 Å². The Hall–Kier alpha value is -1.49. The summed E-state index contributed by atoms with van der Waals surface area (Å²) in [5.74, 6) is 1.97. The molecule has 0 saturated carbocycles. The number of aryl methyl sites for hydroxylation is 1. The minimum Gasteiger partial charge on any atom is -0.342 e. The lowest BCUT2D eigenvalue weighted by molar-refractivity contribution is -0.137. The molecule has 0 N–H and O–H groups in total. The van der Waals surface area contributed by atoms with E-state index in [1.165, 1.54) is 5.56 Å². The summed E-state index contributed by atoms with van der Waals surface area (Å²) in [4.78, 5) is 29.9. The molecule has 1 aromatic rings. The zero-order valence-electron chi connectivity index (χ0n) is 19.2. The third-order valence-corrected chi connectivity index (χ3v) is 7.88. The number of likely N-dealkylation sites (tertiary alicyclic amines) is 1. The number of amides is 2. The van der Waals surface area contributed by atoms with Crippen LogP contribution in [0.15, 0.2) is 30.3 Å². The highest BCUT2D eigenvalue weighted by molar-refractivity contribution is 8.00. The molecule has 0 bridgehead atoms. The van der Waals surface area contributed by atoms with Gasteiger partial charge in [0, 0.05) is 38.2 Å². The van der Waals surface area contributed by atoms with Gasteiger partial charge in [-0.05, 0) is 42.6 Å². The predicted octanol–water partition coefficient (Wildman–Crippen LogP) is 4.98. The van der Waals surface area contributed by atoms with Crippen LogP contribution in [0.4, 0.5) is 0 Å². The normalized spacial score (nSPS) is 19.9. The fraction of sp³-hybridized carbons (Fsp3) is 0.680. The quantitative estimate of drug-likeness (QED) is 0.639. The van der Waals surface area contributed by atoms with Crippen molar-refractivity contribution < 1.29 is 9.59 Å². The molecule has 3 rings (SSSR count). The lowest BCUT2D eigenvalue weighted by Gasteiger charge is -2.44. The maximum absolute atomic E-state index is 13.0. The molecule has 4 nitrogen and oxygen atoms in total. The average molecular weight is 431 g/mol. The number of carbonyl (C=O) groups is 2. The maximum Gasteiger partial charge on any atom is 0.224 e. The highest BCUT2D eigenvalue weighted by Crippen LogP contribution is 2.44. The van der Waals surface area contributed by atoms with Crippen molar-refractivity contribution in [3.05, 3.63) is 35.9 Å². The molecule has 2 heterocycles. The van der Waals surface area contributed by atoms with Crippen LogP contribution in [0.25, 0.3) is 0 Å². The van der Waals surface area contributed by atoms with Crippen LogP contribution in [0.3, 0.4) is 0 Å². The lowest BCUT2D eigenvalue weighted by atomic mass is 9.84. The third-order valence-electron chi connectivity index (χ3n) is 6.33. The summed E-state index contributed by atoms with van der Waals surface area (Å²) in [6.45, 7) is 11.3. The topological polar surface area (TPSA) is 40.6 Å². The highest BCUT2D eigenvalue weighted by atomic mass is 32.2. The van der Waals surface area contributed by atoms with Gasteiger partial charge in [0.15, 0.2) is 0 Å². The molecule has 0 aliphatic carbocycles. The Bertz CT molecular complexity index is 720. The van der Waals surface area contributed by atoms with E-state index in [1.807, 2.05) is 34.9 Å². The van der Waals surface area contributed by atoms with Gasteiger partial charge in [-0.25, -0.2) is 0 Å². The molecule has 2 fully saturated rings. The number of piperidine rings is 1. The van der Waals surface area contributed by atoms with Gasteiger partial charge in [0.25, 0.3) is 0 Å². The predicted molar refractivity (Wildman–Crippen MR) is 125 cm³/mol. The molecule has 1 spiro atoms. The van der Waals surface area contributed by atoms with Crippen LogP contribution in [0.2, 0.25) is 0 Å². The third kappa shape index (κ3) is 6.03. The second-order valence-electron chi connectivity index (χ2n) is 10.3. The Morgan fingerprint density at radius 1 is 1.07 bits per heavy atom. The lowest BCUT2D eigenvalue weighted by Crippen LogP contribution is -2.53. The van der Waals surface area contributed by atoms with Crippen LogP contribution in [0.5, 0.6) is 0 Å². The smallest absolute Gasteiger partial charge is 0.224 e. The zero-order valence-corrected chi connectivity index (χ0v) is 20.0. The Morgan fingerprint density at radius 2 is 1.73 bits per heavy atom. The van der Waals surface area contributed by atoms with Crippen molar-refractivity contribution in [2.75, 3.05) is 25.4 Å². The summed E-state index contributed by atoms with van der Waals surface area (Å²) in [5, 5.41) is 0. The monoisotopic (exact) mass is 430 g/mol. The molecule has 0 radical (unpaired) electrons. The summed E-state index contributed by atoms with van der Waals surface area (Å²) in [5.41, 5.74) is 1.48. The molecule has 1 unspecified atom stereocenters. The number of rotatable bonds is 6. The van der Waals surface area contributed by atoms with Gasteiger partial charge in [-0.15, -0.1) is 11.8 Å². The molecular weight excluding hydrogens is 392 g/mol. The largest absolute Gasteiger partial charge is 0.342 e. The molecule has 1 aromatic carbocycles. The zero-order chi connectivity index (χ0) is 21.8. The first kappa shape index (κ1) is 23.2. The van der Waals surface area contributed by atoms with E-state index in [-0.39, 0.29) is 22.1 Å². The molecule has 1 atom stereocenters. The van der Waals surface area contributed by atoms with Gasteiger partial charge in [-0.3, -0.25) is 9.59 Å². The second-order valence-corrected chi connectivity index (χ2v) is 11.7. The number of nitrogens with zero attached hydrogens (tertiary/aromatic N) is 2. The molecule has 0 aromatic heterocycles. The Labute approximate surface area is 186 Å². The van der Waals surface area contributed by atoms with Crippen molar-refractivity contribution >= 4 is 23.6 Å². The Balaban J connectivity index is 1.51. The number of benzene rings is 1. The first-order valence-electron chi connectivity index (χ1n) is 11.4. The second kappa shape index (κ2) is 9.76. The van der Waals surface area contributed by atoms with E-state index in [0.717, 1.165) is 51.1 Å². The fourth-order valence-electron chi connectivity index (χ4n) is 5.06. The van der Waals surface area contributed by atoms with Gasteiger partial charge < -0.3 is 9.80 Å². The van der Waals surface area contributed by atoms with Gasteiger partial charge >= 0.3 is 0 Å². The fourth-order valence-corrected chi connectivity index (χ4v) is 6.53. The van der Waals surface area contributed by atoms with Crippen LogP contribution in [-0.2, 0) is 16.0 Å².